The third kappa shape index (κ3) is 3.01. The lowest BCUT2D eigenvalue weighted by atomic mass is 9.80. The van der Waals surface area contributed by atoms with Gasteiger partial charge in [0.05, 0.1) is 5.69 Å². The molecule has 128 valence electrons. The SMILES string of the molecule is CC1(C)CN(Cc2csc(-c3ccc4c(c3)OCO4)n2)CCC1N. The summed E-state index contributed by atoms with van der Waals surface area (Å²) in [6.07, 6.45) is 1.05. The second kappa shape index (κ2) is 6.02. The zero-order valence-corrected chi connectivity index (χ0v) is 14.9. The first-order chi connectivity index (χ1) is 11.5. The van der Waals surface area contributed by atoms with Gasteiger partial charge in [0.2, 0.25) is 6.79 Å². The van der Waals surface area contributed by atoms with Crippen LogP contribution in [0.15, 0.2) is 23.6 Å². The van der Waals surface area contributed by atoms with Crippen molar-refractivity contribution in [2.45, 2.75) is 32.9 Å². The van der Waals surface area contributed by atoms with Gasteiger partial charge in [-0.2, -0.15) is 0 Å². The summed E-state index contributed by atoms with van der Waals surface area (Å²) in [4.78, 5) is 7.28. The normalized spacial score (nSPS) is 22.7. The van der Waals surface area contributed by atoms with Crippen molar-refractivity contribution >= 4 is 11.3 Å². The third-order valence-electron chi connectivity index (χ3n) is 4.95. The zero-order chi connectivity index (χ0) is 16.7. The van der Waals surface area contributed by atoms with E-state index in [4.69, 9.17) is 20.2 Å². The van der Waals surface area contributed by atoms with E-state index in [-0.39, 0.29) is 11.5 Å². The molecule has 2 N–H and O–H groups in total. The molecule has 1 unspecified atom stereocenters. The molecule has 1 atom stereocenters. The fourth-order valence-electron chi connectivity index (χ4n) is 3.39. The van der Waals surface area contributed by atoms with Crippen LogP contribution in [-0.2, 0) is 6.54 Å². The number of piperidine rings is 1. The molecule has 1 fully saturated rings. The number of hydrogen-bond acceptors (Lipinski definition) is 6. The fourth-order valence-corrected chi connectivity index (χ4v) is 4.20. The Labute approximate surface area is 146 Å². The number of benzene rings is 1. The molecular formula is C18H23N3O2S. The molecule has 2 aliphatic rings. The molecule has 0 spiro atoms. The van der Waals surface area contributed by atoms with Gasteiger partial charge in [-0.05, 0) is 30.0 Å². The first kappa shape index (κ1) is 15.9. The Kier molecular flexibility index (Phi) is 3.98. The van der Waals surface area contributed by atoms with Crippen molar-refractivity contribution in [1.82, 2.24) is 9.88 Å². The number of ether oxygens (including phenoxy) is 2. The first-order valence-electron chi connectivity index (χ1n) is 8.34. The van der Waals surface area contributed by atoms with Gasteiger partial charge in [-0.25, -0.2) is 4.98 Å². The van der Waals surface area contributed by atoms with Crippen molar-refractivity contribution in [3.05, 3.63) is 29.3 Å². The highest BCUT2D eigenvalue weighted by molar-refractivity contribution is 7.13. The molecule has 0 saturated carbocycles. The average Bonchev–Trinajstić information content (AvgIpc) is 3.18. The smallest absolute Gasteiger partial charge is 0.231 e. The fraction of sp³-hybridized carbons (Fsp3) is 0.500. The Morgan fingerprint density at radius 3 is 3.00 bits per heavy atom. The molecule has 2 aliphatic heterocycles. The Balaban J connectivity index is 1.47. The van der Waals surface area contributed by atoms with E-state index in [0.717, 1.165) is 53.8 Å². The number of thiazole rings is 1. The molecule has 0 amide bonds. The number of nitrogens with zero attached hydrogens (tertiary/aromatic N) is 2. The van der Waals surface area contributed by atoms with E-state index in [1.807, 2.05) is 18.2 Å². The van der Waals surface area contributed by atoms with Crippen molar-refractivity contribution < 1.29 is 9.47 Å². The Hall–Kier alpha value is -1.63. The van der Waals surface area contributed by atoms with Crippen molar-refractivity contribution in [3.8, 4) is 22.1 Å². The predicted molar refractivity (Wildman–Crippen MR) is 95.3 cm³/mol. The van der Waals surface area contributed by atoms with Crippen molar-refractivity contribution in [3.63, 3.8) is 0 Å². The molecule has 6 heteroatoms. The van der Waals surface area contributed by atoms with Gasteiger partial charge in [-0.1, -0.05) is 13.8 Å². The molecule has 1 saturated heterocycles. The summed E-state index contributed by atoms with van der Waals surface area (Å²) in [5, 5.41) is 3.18. The summed E-state index contributed by atoms with van der Waals surface area (Å²) in [5.74, 6) is 1.61. The summed E-state index contributed by atoms with van der Waals surface area (Å²) in [5.41, 5.74) is 8.60. The van der Waals surface area contributed by atoms with Crippen LogP contribution in [0, 0.1) is 5.41 Å². The highest BCUT2D eigenvalue weighted by Gasteiger charge is 2.33. The van der Waals surface area contributed by atoms with Crippen LogP contribution < -0.4 is 15.2 Å². The molecule has 0 radical (unpaired) electrons. The molecule has 2 aromatic rings. The van der Waals surface area contributed by atoms with Crippen LogP contribution in [0.4, 0.5) is 0 Å². The average molecular weight is 345 g/mol. The standard InChI is InChI=1S/C18H23N3O2S/c1-18(2)10-21(6-5-16(18)19)8-13-9-24-17(20-13)12-3-4-14-15(7-12)23-11-22-14/h3-4,7,9,16H,5-6,8,10-11,19H2,1-2H3. The van der Waals surface area contributed by atoms with E-state index in [2.05, 4.69) is 24.1 Å². The summed E-state index contributed by atoms with van der Waals surface area (Å²) in [6.45, 7) is 7.75. The van der Waals surface area contributed by atoms with E-state index < -0.39 is 0 Å². The highest BCUT2D eigenvalue weighted by Crippen LogP contribution is 2.37. The Morgan fingerprint density at radius 2 is 2.17 bits per heavy atom. The number of likely N-dealkylation sites (tertiary alicyclic amines) is 1. The van der Waals surface area contributed by atoms with Crippen molar-refractivity contribution in [2.24, 2.45) is 11.1 Å². The predicted octanol–water partition coefficient (Wildman–Crippen LogP) is 3.10. The largest absolute Gasteiger partial charge is 0.454 e. The van der Waals surface area contributed by atoms with Gasteiger partial charge in [0.15, 0.2) is 11.5 Å². The lowest BCUT2D eigenvalue weighted by Gasteiger charge is -2.42. The molecule has 1 aromatic carbocycles. The minimum Gasteiger partial charge on any atom is -0.454 e. The lowest BCUT2D eigenvalue weighted by molar-refractivity contribution is 0.0891. The van der Waals surface area contributed by atoms with Crippen LogP contribution >= 0.6 is 11.3 Å². The Morgan fingerprint density at radius 1 is 1.33 bits per heavy atom. The third-order valence-corrected chi connectivity index (χ3v) is 5.89. The monoisotopic (exact) mass is 345 g/mol. The van der Waals surface area contributed by atoms with Gasteiger partial charge in [0.25, 0.3) is 0 Å². The molecule has 24 heavy (non-hydrogen) atoms. The second-order valence-corrected chi connectivity index (χ2v) is 8.16. The van der Waals surface area contributed by atoms with E-state index in [9.17, 15) is 0 Å². The van der Waals surface area contributed by atoms with Gasteiger partial charge in [0, 0.05) is 36.6 Å². The minimum atomic E-state index is 0.161. The van der Waals surface area contributed by atoms with Crippen molar-refractivity contribution in [2.75, 3.05) is 19.9 Å². The van der Waals surface area contributed by atoms with Gasteiger partial charge < -0.3 is 15.2 Å². The summed E-state index contributed by atoms with van der Waals surface area (Å²) in [7, 11) is 0. The molecule has 0 bridgehead atoms. The van der Waals surface area contributed by atoms with Crippen LogP contribution in [0.5, 0.6) is 11.5 Å². The lowest BCUT2D eigenvalue weighted by Crippen LogP contribution is -2.52. The number of nitrogens with two attached hydrogens (primary N) is 1. The molecular weight excluding hydrogens is 322 g/mol. The number of rotatable bonds is 3. The van der Waals surface area contributed by atoms with E-state index in [1.54, 1.807) is 11.3 Å². The summed E-state index contributed by atoms with van der Waals surface area (Å²) >= 11 is 1.68. The molecule has 0 aliphatic carbocycles. The van der Waals surface area contributed by atoms with E-state index in [0.29, 0.717) is 6.79 Å². The topological polar surface area (TPSA) is 60.6 Å². The molecule has 5 nitrogen and oxygen atoms in total. The van der Waals surface area contributed by atoms with Crippen LogP contribution in [-0.4, -0.2) is 35.8 Å². The van der Waals surface area contributed by atoms with Crippen molar-refractivity contribution in [1.29, 1.82) is 0 Å². The molecule has 1 aromatic heterocycles. The van der Waals surface area contributed by atoms with Gasteiger partial charge in [0.1, 0.15) is 5.01 Å². The summed E-state index contributed by atoms with van der Waals surface area (Å²) < 4.78 is 10.8. The molecule has 4 rings (SSSR count). The van der Waals surface area contributed by atoms with Crippen LogP contribution in [0.2, 0.25) is 0 Å². The summed E-state index contributed by atoms with van der Waals surface area (Å²) in [6, 6.07) is 6.29. The highest BCUT2D eigenvalue weighted by atomic mass is 32.1. The number of aromatic nitrogens is 1. The van der Waals surface area contributed by atoms with Gasteiger partial charge >= 0.3 is 0 Å². The maximum Gasteiger partial charge on any atom is 0.231 e. The zero-order valence-electron chi connectivity index (χ0n) is 14.1. The van der Waals surface area contributed by atoms with Crippen LogP contribution in [0.3, 0.4) is 0 Å². The molecule has 3 heterocycles. The minimum absolute atomic E-state index is 0.161. The maximum absolute atomic E-state index is 6.23. The second-order valence-electron chi connectivity index (χ2n) is 7.31. The Bertz CT molecular complexity index is 744. The number of fused-ring (bicyclic) bond motifs is 1. The van der Waals surface area contributed by atoms with Gasteiger partial charge in [-0.3, -0.25) is 4.90 Å². The van der Waals surface area contributed by atoms with E-state index in [1.165, 1.54) is 0 Å². The van der Waals surface area contributed by atoms with Gasteiger partial charge in [-0.15, -0.1) is 11.3 Å². The first-order valence-corrected chi connectivity index (χ1v) is 9.22. The van der Waals surface area contributed by atoms with Crippen LogP contribution in [0.1, 0.15) is 26.0 Å². The van der Waals surface area contributed by atoms with E-state index >= 15 is 0 Å². The van der Waals surface area contributed by atoms with Crippen LogP contribution in [0.25, 0.3) is 10.6 Å². The maximum atomic E-state index is 6.23. The number of hydrogen-bond donors (Lipinski definition) is 1. The quantitative estimate of drug-likeness (QED) is 0.926.